The van der Waals surface area contributed by atoms with Crippen molar-refractivity contribution in [3.05, 3.63) is 0 Å². The second-order valence-corrected chi connectivity index (χ2v) is 2.27. The standard InChI is InChI=1S/C6H10FNO/c7-6-3-1-2-4-8(6)5-9/h5-6H,1-4H2. The maximum atomic E-state index is 12.5. The van der Waals surface area contributed by atoms with Gasteiger partial charge in [-0.3, -0.25) is 4.79 Å². The summed E-state index contributed by atoms with van der Waals surface area (Å²) in [6.45, 7) is 0.588. The second kappa shape index (κ2) is 2.80. The average Bonchev–Trinajstić information content (AvgIpc) is 1.89. The molecular weight excluding hydrogens is 121 g/mol. The van der Waals surface area contributed by atoms with Gasteiger partial charge in [0.2, 0.25) is 6.41 Å². The van der Waals surface area contributed by atoms with Crippen LogP contribution in [0.3, 0.4) is 0 Å². The number of likely N-dealkylation sites (tertiary alicyclic amines) is 1. The van der Waals surface area contributed by atoms with Gasteiger partial charge < -0.3 is 4.90 Å². The predicted octanol–water partition coefficient (Wildman–Crippen LogP) is 0.924. The van der Waals surface area contributed by atoms with E-state index in [9.17, 15) is 9.18 Å². The average molecular weight is 131 g/mol. The van der Waals surface area contributed by atoms with E-state index in [0.717, 1.165) is 12.8 Å². The van der Waals surface area contributed by atoms with Gasteiger partial charge >= 0.3 is 0 Å². The molecule has 0 aromatic rings. The van der Waals surface area contributed by atoms with Crippen molar-refractivity contribution < 1.29 is 9.18 Å². The molecule has 9 heavy (non-hydrogen) atoms. The third-order valence-corrected chi connectivity index (χ3v) is 1.60. The lowest BCUT2D eigenvalue weighted by Crippen LogP contribution is -2.35. The summed E-state index contributed by atoms with van der Waals surface area (Å²) in [7, 11) is 0. The lowest BCUT2D eigenvalue weighted by atomic mass is 10.1. The van der Waals surface area contributed by atoms with Gasteiger partial charge in [-0.15, -0.1) is 0 Å². The van der Waals surface area contributed by atoms with E-state index in [1.165, 1.54) is 4.90 Å². The largest absolute Gasteiger partial charge is 0.315 e. The van der Waals surface area contributed by atoms with Gasteiger partial charge in [0.15, 0.2) is 6.30 Å². The van der Waals surface area contributed by atoms with Crippen LogP contribution in [0.15, 0.2) is 0 Å². The van der Waals surface area contributed by atoms with Crippen LogP contribution in [0, 0.1) is 0 Å². The fourth-order valence-electron chi connectivity index (χ4n) is 1.03. The first-order valence-corrected chi connectivity index (χ1v) is 3.19. The third-order valence-electron chi connectivity index (χ3n) is 1.60. The summed E-state index contributed by atoms with van der Waals surface area (Å²) in [5, 5.41) is 0. The van der Waals surface area contributed by atoms with E-state index in [-0.39, 0.29) is 0 Å². The molecule has 52 valence electrons. The molecule has 1 fully saturated rings. The van der Waals surface area contributed by atoms with E-state index >= 15 is 0 Å². The predicted molar refractivity (Wildman–Crippen MR) is 31.5 cm³/mol. The fraction of sp³-hybridized carbons (Fsp3) is 0.833. The fourth-order valence-corrected chi connectivity index (χ4v) is 1.03. The summed E-state index contributed by atoms with van der Waals surface area (Å²) in [6, 6.07) is 0. The Kier molecular flexibility index (Phi) is 2.03. The van der Waals surface area contributed by atoms with Gasteiger partial charge in [-0.25, -0.2) is 4.39 Å². The number of amides is 1. The van der Waals surface area contributed by atoms with Gasteiger partial charge in [-0.05, 0) is 19.3 Å². The summed E-state index contributed by atoms with van der Waals surface area (Å²) in [4.78, 5) is 11.3. The minimum atomic E-state index is -1.02. The molecule has 0 saturated carbocycles. The Balaban J connectivity index is 2.38. The van der Waals surface area contributed by atoms with Crippen LogP contribution in [0.5, 0.6) is 0 Å². The lowest BCUT2D eigenvalue weighted by molar-refractivity contribution is -0.125. The Labute approximate surface area is 53.6 Å². The van der Waals surface area contributed by atoms with Crippen molar-refractivity contribution in [3.8, 4) is 0 Å². The van der Waals surface area contributed by atoms with Crippen LogP contribution >= 0.6 is 0 Å². The SMILES string of the molecule is O=CN1CCCCC1F. The molecule has 1 aliphatic heterocycles. The maximum Gasteiger partial charge on any atom is 0.211 e. The molecule has 0 radical (unpaired) electrons. The Morgan fingerprint density at radius 3 is 2.78 bits per heavy atom. The van der Waals surface area contributed by atoms with Crippen LogP contribution < -0.4 is 0 Å². The van der Waals surface area contributed by atoms with Crippen LogP contribution in [0.25, 0.3) is 0 Å². The molecule has 0 aromatic carbocycles. The van der Waals surface area contributed by atoms with Crippen LogP contribution in [-0.4, -0.2) is 24.2 Å². The molecule has 0 N–H and O–H groups in total. The number of halogens is 1. The van der Waals surface area contributed by atoms with Gasteiger partial charge in [0.25, 0.3) is 0 Å². The van der Waals surface area contributed by atoms with Crippen molar-refractivity contribution in [1.82, 2.24) is 4.90 Å². The highest BCUT2D eigenvalue weighted by Gasteiger charge is 2.18. The normalized spacial score (nSPS) is 28.1. The molecule has 2 nitrogen and oxygen atoms in total. The first-order valence-electron chi connectivity index (χ1n) is 3.19. The third kappa shape index (κ3) is 1.40. The molecule has 0 aromatic heterocycles. The zero-order valence-electron chi connectivity index (χ0n) is 5.22. The number of rotatable bonds is 1. The Bertz CT molecular complexity index is 107. The van der Waals surface area contributed by atoms with Crippen molar-refractivity contribution in [3.63, 3.8) is 0 Å². The Morgan fingerprint density at radius 1 is 1.56 bits per heavy atom. The monoisotopic (exact) mass is 131 g/mol. The minimum absolute atomic E-state index is 0.513. The first kappa shape index (κ1) is 6.52. The van der Waals surface area contributed by atoms with Crippen molar-refractivity contribution >= 4 is 6.41 Å². The number of carbonyl (C=O) groups excluding carboxylic acids is 1. The number of hydrogen-bond acceptors (Lipinski definition) is 1. The molecule has 1 heterocycles. The minimum Gasteiger partial charge on any atom is -0.315 e. The van der Waals surface area contributed by atoms with E-state index in [4.69, 9.17) is 0 Å². The number of nitrogens with zero attached hydrogens (tertiary/aromatic N) is 1. The van der Waals surface area contributed by atoms with Gasteiger partial charge in [-0.2, -0.15) is 0 Å². The van der Waals surface area contributed by atoms with Crippen molar-refractivity contribution in [2.45, 2.75) is 25.6 Å². The van der Waals surface area contributed by atoms with Crippen molar-refractivity contribution in [2.75, 3.05) is 6.54 Å². The molecule has 1 saturated heterocycles. The maximum absolute atomic E-state index is 12.5. The molecule has 1 rings (SSSR count). The summed E-state index contributed by atoms with van der Waals surface area (Å²) >= 11 is 0. The summed E-state index contributed by atoms with van der Waals surface area (Å²) in [6.07, 6.45) is 1.93. The molecule has 3 heteroatoms. The molecule has 1 amide bonds. The van der Waals surface area contributed by atoms with Crippen LogP contribution in [0.1, 0.15) is 19.3 Å². The number of piperidine rings is 1. The summed E-state index contributed by atoms with van der Waals surface area (Å²) in [5.74, 6) is 0. The first-order chi connectivity index (χ1) is 4.34. The highest BCUT2D eigenvalue weighted by molar-refractivity contribution is 5.47. The van der Waals surface area contributed by atoms with E-state index < -0.39 is 6.30 Å². The van der Waals surface area contributed by atoms with Gasteiger partial charge in [0.05, 0.1) is 0 Å². The van der Waals surface area contributed by atoms with E-state index in [1.807, 2.05) is 0 Å². The molecule has 1 unspecified atom stereocenters. The van der Waals surface area contributed by atoms with Crippen LogP contribution in [-0.2, 0) is 4.79 Å². The highest BCUT2D eigenvalue weighted by atomic mass is 19.1. The summed E-state index contributed by atoms with van der Waals surface area (Å²) in [5.41, 5.74) is 0. The van der Waals surface area contributed by atoms with Crippen molar-refractivity contribution in [1.29, 1.82) is 0 Å². The number of alkyl halides is 1. The lowest BCUT2D eigenvalue weighted by Gasteiger charge is -2.26. The Morgan fingerprint density at radius 2 is 2.33 bits per heavy atom. The molecule has 0 aliphatic carbocycles. The Hall–Kier alpha value is -0.600. The smallest absolute Gasteiger partial charge is 0.211 e. The quantitative estimate of drug-likeness (QED) is 0.383. The van der Waals surface area contributed by atoms with Crippen LogP contribution in [0.2, 0.25) is 0 Å². The zero-order valence-corrected chi connectivity index (χ0v) is 5.22. The molecular formula is C6H10FNO. The van der Waals surface area contributed by atoms with E-state index in [1.54, 1.807) is 0 Å². The molecule has 0 spiro atoms. The zero-order chi connectivity index (χ0) is 6.69. The van der Waals surface area contributed by atoms with E-state index in [0.29, 0.717) is 19.4 Å². The second-order valence-electron chi connectivity index (χ2n) is 2.27. The van der Waals surface area contributed by atoms with Crippen LogP contribution in [0.4, 0.5) is 4.39 Å². The number of hydrogen-bond donors (Lipinski definition) is 0. The molecule has 1 aliphatic rings. The van der Waals surface area contributed by atoms with Gasteiger partial charge in [0.1, 0.15) is 0 Å². The van der Waals surface area contributed by atoms with Gasteiger partial charge in [-0.1, -0.05) is 0 Å². The highest BCUT2D eigenvalue weighted by Crippen LogP contribution is 2.15. The molecule has 0 bridgehead atoms. The number of carbonyl (C=O) groups is 1. The van der Waals surface area contributed by atoms with Gasteiger partial charge in [0, 0.05) is 6.54 Å². The van der Waals surface area contributed by atoms with E-state index in [2.05, 4.69) is 0 Å². The molecule has 1 atom stereocenters. The summed E-state index contributed by atoms with van der Waals surface area (Å²) < 4.78 is 12.5. The topological polar surface area (TPSA) is 20.3 Å². The van der Waals surface area contributed by atoms with Crippen molar-refractivity contribution in [2.24, 2.45) is 0 Å².